The number of hydrogen-bond acceptors (Lipinski definition) is 4. The number of hydrogen-bond donors (Lipinski definition) is 2. The van der Waals surface area contributed by atoms with Crippen molar-refractivity contribution >= 4 is 35.1 Å². The van der Waals surface area contributed by atoms with E-state index in [-0.39, 0.29) is 0 Å². The lowest BCUT2D eigenvalue weighted by Gasteiger charge is -2.26. The van der Waals surface area contributed by atoms with Gasteiger partial charge in [-0.2, -0.15) is 0 Å². The van der Waals surface area contributed by atoms with Gasteiger partial charge in [0, 0.05) is 11.6 Å². The highest BCUT2D eigenvalue weighted by atomic mass is 35.5. The normalized spacial score (nSPS) is 14.5. The van der Waals surface area contributed by atoms with E-state index >= 15 is 0 Å². The van der Waals surface area contributed by atoms with Gasteiger partial charge in [0.25, 0.3) is 0 Å². The highest BCUT2D eigenvalue weighted by Gasteiger charge is 2.11. The minimum Gasteiger partial charge on any atom is -0.490 e. The number of rotatable bonds is 4. The Morgan fingerprint density at radius 1 is 1.12 bits per heavy atom. The molecule has 0 aliphatic carbocycles. The molecule has 24 heavy (non-hydrogen) atoms. The molecule has 0 radical (unpaired) electrons. The van der Waals surface area contributed by atoms with E-state index in [1.165, 1.54) is 32.4 Å². The van der Waals surface area contributed by atoms with Crippen molar-refractivity contribution in [1.82, 2.24) is 4.90 Å². The molecule has 1 aromatic carbocycles. The number of carbonyl (C=O) groups is 2. The predicted octanol–water partition coefficient (Wildman–Crippen LogP) is 3.32. The molecule has 6 nitrogen and oxygen atoms in total. The van der Waals surface area contributed by atoms with Crippen LogP contribution in [0.3, 0.4) is 0 Å². The van der Waals surface area contributed by atoms with Crippen molar-refractivity contribution in [2.75, 3.05) is 26.2 Å². The number of carboxylic acids is 2. The van der Waals surface area contributed by atoms with Crippen LogP contribution >= 0.6 is 23.2 Å². The summed E-state index contributed by atoms with van der Waals surface area (Å²) < 4.78 is 5.79. The van der Waals surface area contributed by atoms with Crippen LogP contribution in [0.25, 0.3) is 0 Å². The summed E-state index contributed by atoms with van der Waals surface area (Å²) in [6.45, 7) is 6.00. The van der Waals surface area contributed by atoms with Crippen molar-refractivity contribution in [1.29, 1.82) is 0 Å². The average Bonchev–Trinajstić information content (AvgIpc) is 2.51. The number of piperidine rings is 1. The summed E-state index contributed by atoms with van der Waals surface area (Å²) in [6, 6.07) is 3.61. The summed E-state index contributed by atoms with van der Waals surface area (Å²) in [5.41, 5.74) is 0.992. The topological polar surface area (TPSA) is 87.1 Å². The van der Waals surface area contributed by atoms with Crippen LogP contribution in [0.15, 0.2) is 12.1 Å². The smallest absolute Gasteiger partial charge is 0.414 e. The van der Waals surface area contributed by atoms with Gasteiger partial charge >= 0.3 is 11.9 Å². The molecule has 1 heterocycles. The van der Waals surface area contributed by atoms with E-state index in [2.05, 4.69) is 4.90 Å². The minimum absolute atomic E-state index is 0.596. The lowest BCUT2D eigenvalue weighted by atomic mass is 10.1. The van der Waals surface area contributed by atoms with Gasteiger partial charge in [0.1, 0.15) is 12.4 Å². The summed E-state index contributed by atoms with van der Waals surface area (Å²) in [7, 11) is 0. The van der Waals surface area contributed by atoms with Crippen LogP contribution in [0, 0.1) is 6.92 Å². The summed E-state index contributed by atoms with van der Waals surface area (Å²) in [6.07, 6.45) is 3.97. The average molecular weight is 378 g/mol. The number of carboxylic acid groups (broad SMARTS) is 2. The maximum Gasteiger partial charge on any atom is 0.414 e. The lowest BCUT2D eigenvalue weighted by molar-refractivity contribution is -0.159. The van der Waals surface area contributed by atoms with Gasteiger partial charge in [-0.1, -0.05) is 29.6 Å². The molecule has 2 N–H and O–H groups in total. The van der Waals surface area contributed by atoms with Crippen molar-refractivity contribution in [3.63, 3.8) is 0 Å². The van der Waals surface area contributed by atoms with E-state index in [1.54, 1.807) is 6.07 Å². The van der Waals surface area contributed by atoms with Gasteiger partial charge in [-0.05, 0) is 50.6 Å². The number of halogens is 2. The number of likely N-dealkylation sites (tertiary alicyclic amines) is 1. The van der Waals surface area contributed by atoms with Crippen LogP contribution in [0.2, 0.25) is 10.0 Å². The molecule has 2 rings (SSSR count). The number of ether oxygens (including phenoxy) is 1. The summed E-state index contributed by atoms with van der Waals surface area (Å²) in [4.78, 5) is 20.6. The van der Waals surface area contributed by atoms with Crippen molar-refractivity contribution < 1.29 is 24.5 Å². The number of aliphatic carboxylic acids is 2. The molecule has 0 spiro atoms. The Labute approximate surface area is 150 Å². The quantitative estimate of drug-likeness (QED) is 0.782. The molecule has 1 aliphatic rings. The van der Waals surface area contributed by atoms with E-state index < -0.39 is 11.9 Å². The fourth-order valence-electron chi connectivity index (χ4n) is 2.33. The molecule has 0 saturated carbocycles. The van der Waals surface area contributed by atoms with E-state index in [0.717, 1.165) is 17.9 Å². The zero-order chi connectivity index (χ0) is 18.1. The molecule has 0 atom stereocenters. The van der Waals surface area contributed by atoms with E-state index in [4.69, 9.17) is 47.7 Å². The zero-order valence-electron chi connectivity index (χ0n) is 13.4. The van der Waals surface area contributed by atoms with Crippen LogP contribution < -0.4 is 4.74 Å². The summed E-state index contributed by atoms with van der Waals surface area (Å²) in [5, 5.41) is 16.0. The van der Waals surface area contributed by atoms with Gasteiger partial charge in [0.15, 0.2) is 0 Å². The molecular formula is C16H21Cl2NO5. The lowest BCUT2D eigenvalue weighted by Crippen LogP contribution is -2.33. The standard InChI is InChI=1S/C14H19Cl2NO.C2H2O4/c1-11-9-12(15)10-13(16)14(11)18-8-7-17-5-3-2-4-6-17;3-1(4)2(5)6/h9-10H,2-8H2,1H3;(H,3,4)(H,5,6). The summed E-state index contributed by atoms with van der Waals surface area (Å²) in [5.74, 6) is -2.89. The molecule has 8 heteroatoms. The first-order chi connectivity index (χ1) is 11.3. The van der Waals surface area contributed by atoms with Crippen molar-refractivity contribution in [2.45, 2.75) is 26.2 Å². The molecular weight excluding hydrogens is 357 g/mol. The maximum absolute atomic E-state index is 9.10. The fourth-order valence-corrected chi connectivity index (χ4v) is 2.98. The molecule has 134 valence electrons. The van der Waals surface area contributed by atoms with E-state index in [9.17, 15) is 0 Å². The Bertz CT molecular complexity index is 539. The van der Waals surface area contributed by atoms with Gasteiger partial charge < -0.3 is 14.9 Å². The number of benzene rings is 1. The van der Waals surface area contributed by atoms with Gasteiger partial charge in [-0.3, -0.25) is 4.90 Å². The minimum atomic E-state index is -1.82. The maximum atomic E-state index is 9.10. The number of nitrogens with zero attached hydrogens (tertiary/aromatic N) is 1. The highest BCUT2D eigenvalue weighted by Crippen LogP contribution is 2.31. The highest BCUT2D eigenvalue weighted by molar-refractivity contribution is 6.35. The first-order valence-corrected chi connectivity index (χ1v) is 8.34. The molecule has 0 aromatic heterocycles. The Morgan fingerprint density at radius 2 is 1.71 bits per heavy atom. The third kappa shape index (κ3) is 7.38. The first kappa shape index (κ1) is 20.5. The van der Waals surface area contributed by atoms with Crippen LogP contribution in [-0.2, 0) is 9.59 Å². The van der Waals surface area contributed by atoms with Gasteiger partial charge in [0.05, 0.1) is 5.02 Å². The largest absolute Gasteiger partial charge is 0.490 e. The SMILES string of the molecule is Cc1cc(Cl)cc(Cl)c1OCCN1CCCCC1.O=C(O)C(=O)O. The molecule has 1 aliphatic heterocycles. The Morgan fingerprint density at radius 3 is 2.21 bits per heavy atom. The second-order valence-electron chi connectivity index (χ2n) is 5.39. The van der Waals surface area contributed by atoms with Gasteiger partial charge in [-0.25, -0.2) is 9.59 Å². The Kier molecular flexibility index (Phi) is 8.89. The molecule has 1 aromatic rings. The molecule has 0 amide bonds. The van der Waals surface area contributed by atoms with Crippen molar-refractivity contribution in [2.24, 2.45) is 0 Å². The van der Waals surface area contributed by atoms with E-state index in [1.807, 2.05) is 13.0 Å². The monoisotopic (exact) mass is 377 g/mol. The number of aryl methyl sites for hydroxylation is 1. The van der Waals surface area contributed by atoms with Crippen LogP contribution in [0.4, 0.5) is 0 Å². The van der Waals surface area contributed by atoms with Gasteiger partial charge in [0.2, 0.25) is 0 Å². The second-order valence-corrected chi connectivity index (χ2v) is 6.24. The van der Waals surface area contributed by atoms with Gasteiger partial charge in [-0.15, -0.1) is 0 Å². The molecule has 0 bridgehead atoms. The second kappa shape index (κ2) is 10.4. The molecule has 1 saturated heterocycles. The Balaban J connectivity index is 0.000000413. The molecule has 1 fully saturated rings. The van der Waals surface area contributed by atoms with Crippen molar-refractivity contribution in [3.05, 3.63) is 27.7 Å². The van der Waals surface area contributed by atoms with Crippen LogP contribution in [-0.4, -0.2) is 53.3 Å². The van der Waals surface area contributed by atoms with Crippen LogP contribution in [0.1, 0.15) is 24.8 Å². The Hall–Kier alpha value is -1.50. The van der Waals surface area contributed by atoms with Crippen molar-refractivity contribution in [3.8, 4) is 5.75 Å². The zero-order valence-corrected chi connectivity index (χ0v) is 14.9. The first-order valence-electron chi connectivity index (χ1n) is 7.58. The third-order valence-corrected chi connectivity index (χ3v) is 3.98. The van der Waals surface area contributed by atoms with E-state index in [0.29, 0.717) is 16.7 Å². The van der Waals surface area contributed by atoms with Crippen LogP contribution in [0.5, 0.6) is 5.75 Å². The predicted molar refractivity (Wildman–Crippen MR) is 92.3 cm³/mol. The fraction of sp³-hybridized carbons (Fsp3) is 0.500. The third-order valence-electron chi connectivity index (χ3n) is 3.48. The summed E-state index contributed by atoms with van der Waals surface area (Å²) >= 11 is 12.1. The molecule has 0 unspecified atom stereocenters.